The van der Waals surface area contributed by atoms with Gasteiger partial charge in [-0.3, -0.25) is 14.4 Å². The summed E-state index contributed by atoms with van der Waals surface area (Å²) in [5, 5.41) is 1.75. The summed E-state index contributed by atoms with van der Waals surface area (Å²) in [6.07, 6.45) is -0.0348. The number of nitrogens with one attached hydrogen (secondary N) is 1. The Morgan fingerprint density at radius 3 is 2.46 bits per heavy atom. The van der Waals surface area contributed by atoms with E-state index in [9.17, 15) is 14.4 Å². The van der Waals surface area contributed by atoms with E-state index in [0.717, 1.165) is 22.2 Å². The van der Waals surface area contributed by atoms with Crippen molar-refractivity contribution in [3.63, 3.8) is 0 Å². The predicted molar refractivity (Wildman–Crippen MR) is 95.1 cm³/mol. The van der Waals surface area contributed by atoms with Crippen molar-refractivity contribution in [3.8, 4) is 0 Å². The second kappa shape index (κ2) is 6.88. The molecular weight excluding hydrogens is 324 g/mol. The van der Waals surface area contributed by atoms with E-state index >= 15 is 0 Å². The maximum Gasteiger partial charge on any atom is 0.293 e. The van der Waals surface area contributed by atoms with Crippen molar-refractivity contribution in [2.24, 2.45) is 0 Å². The molecule has 0 spiro atoms. The number of imide groups is 1. The average molecular weight is 340 g/mol. The minimum atomic E-state index is -0.693. The van der Waals surface area contributed by atoms with Crippen LogP contribution in [0.3, 0.4) is 0 Å². The smallest absolute Gasteiger partial charge is 0.293 e. The summed E-state index contributed by atoms with van der Waals surface area (Å²) in [6.45, 7) is 1.89. The number of nitrogens with zero attached hydrogens (tertiary/aromatic N) is 1. The molecule has 1 aliphatic heterocycles. The Hall–Kier alpha value is -2.60. The molecule has 3 rings (SSSR count). The molecule has 0 unspecified atom stereocenters. The van der Waals surface area contributed by atoms with Gasteiger partial charge in [0.05, 0.1) is 5.69 Å². The maximum absolute atomic E-state index is 12.5. The Morgan fingerprint density at radius 2 is 1.75 bits per heavy atom. The van der Waals surface area contributed by atoms with Crippen molar-refractivity contribution < 1.29 is 14.4 Å². The SMILES string of the molecule is Cc1ccccc1NC(=O)C[C@@H]1SC(=O)N(c2ccccc2)C1=O. The molecular formula is C18H16N2O3S. The maximum atomic E-state index is 12.5. The number of para-hydroxylation sites is 2. The fourth-order valence-corrected chi connectivity index (χ4v) is 3.47. The number of amides is 3. The van der Waals surface area contributed by atoms with Crippen LogP contribution in [0.4, 0.5) is 16.2 Å². The van der Waals surface area contributed by atoms with Crippen molar-refractivity contribution in [3.05, 3.63) is 60.2 Å². The van der Waals surface area contributed by atoms with E-state index in [1.807, 2.05) is 31.2 Å². The number of carbonyl (C=O) groups excluding carboxylic acids is 3. The number of hydrogen-bond acceptors (Lipinski definition) is 4. The van der Waals surface area contributed by atoms with Crippen LogP contribution in [-0.2, 0) is 9.59 Å². The van der Waals surface area contributed by atoms with Crippen LogP contribution in [0, 0.1) is 6.92 Å². The van der Waals surface area contributed by atoms with Crippen LogP contribution in [0.2, 0.25) is 0 Å². The van der Waals surface area contributed by atoms with Crippen molar-refractivity contribution in [2.75, 3.05) is 10.2 Å². The molecule has 6 heteroatoms. The van der Waals surface area contributed by atoms with E-state index < -0.39 is 5.25 Å². The van der Waals surface area contributed by atoms with Crippen LogP contribution in [0.25, 0.3) is 0 Å². The van der Waals surface area contributed by atoms with Gasteiger partial charge in [-0.25, -0.2) is 4.90 Å². The van der Waals surface area contributed by atoms with E-state index in [4.69, 9.17) is 0 Å². The van der Waals surface area contributed by atoms with E-state index in [2.05, 4.69) is 5.32 Å². The van der Waals surface area contributed by atoms with Crippen molar-refractivity contribution in [1.82, 2.24) is 0 Å². The molecule has 24 heavy (non-hydrogen) atoms. The Balaban J connectivity index is 1.68. The number of benzene rings is 2. The largest absolute Gasteiger partial charge is 0.326 e. The number of anilines is 2. The lowest BCUT2D eigenvalue weighted by Crippen LogP contribution is -2.32. The minimum absolute atomic E-state index is 0.0348. The highest BCUT2D eigenvalue weighted by atomic mass is 32.2. The topological polar surface area (TPSA) is 66.5 Å². The first-order valence-electron chi connectivity index (χ1n) is 7.51. The normalized spacial score (nSPS) is 17.2. The zero-order valence-corrected chi connectivity index (χ0v) is 13.9. The standard InChI is InChI=1S/C18H16N2O3S/c1-12-7-5-6-10-14(12)19-16(21)11-15-17(22)20(18(23)24-15)13-8-3-2-4-9-13/h2-10,15H,11H2,1H3,(H,19,21)/t15-/m0/s1. The molecule has 2 aromatic carbocycles. The fourth-order valence-electron chi connectivity index (χ4n) is 2.48. The van der Waals surface area contributed by atoms with Crippen LogP contribution in [0.5, 0.6) is 0 Å². The fraction of sp³-hybridized carbons (Fsp3) is 0.167. The van der Waals surface area contributed by atoms with Crippen molar-refractivity contribution in [1.29, 1.82) is 0 Å². The first-order chi connectivity index (χ1) is 11.6. The van der Waals surface area contributed by atoms with Crippen LogP contribution < -0.4 is 10.2 Å². The molecule has 122 valence electrons. The molecule has 5 nitrogen and oxygen atoms in total. The lowest BCUT2D eigenvalue weighted by atomic mass is 10.2. The molecule has 1 heterocycles. The summed E-state index contributed by atoms with van der Waals surface area (Å²) in [5.74, 6) is -0.631. The van der Waals surface area contributed by atoms with E-state index in [-0.39, 0.29) is 23.5 Å². The van der Waals surface area contributed by atoms with Gasteiger partial charge in [0.25, 0.3) is 5.24 Å². The highest BCUT2D eigenvalue weighted by molar-refractivity contribution is 8.15. The highest BCUT2D eigenvalue weighted by Gasteiger charge is 2.41. The third kappa shape index (κ3) is 3.33. The number of carbonyl (C=O) groups is 3. The molecule has 1 saturated heterocycles. The first-order valence-corrected chi connectivity index (χ1v) is 8.39. The van der Waals surface area contributed by atoms with Gasteiger partial charge < -0.3 is 5.32 Å². The van der Waals surface area contributed by atoms with E-state index in [0.29, 0.717) is 11.4 Å². The molecule has 0 saturated carbocycles. The number of aryl methyl sites for hydroxylation is 1. The van der Waals surface area contributed by atoms with Gasteiger partial charge in [-0.15, -0.1) is 0 Å². The molecule has 1 aliphatic rings. The van der Waals surface area contributed by atoms with Crippen LogP contribution in [0.1, 0.15) is 12.0 Å². The Bertz CT molecular complexity index is 792. The second-order valence-corrected chi connectivity index (χ2v) is 6.60. The highest BCUT2D eigenvalue weighted by Crippen LogP contribution is 2.33. The molecule has 3 amide bonds. The van der Waals surface area contributed by atoms with Crippen LogP contribution in [-0.4, -0.2) is 22.3 Å². The van der Waals surface area contributed by atoms with Gasteiger partial charge in [-0.05, 0) is 42.4 Å². The van der Waals surface area contributed by atoms with Gasteiger partial charge in [0.15, 0.2) is 0 Å². The summed E-state index contributed by atoms with van der Waals surface area (Å²) in [7, 11) is 0. The molecule has 0 aliphatic carbocycles. The molecule has 0 aromatic heterocycles. The minimum Gasteiger partial charge on any atom is -0.326 e. The van der Waals surface area contributed by atoms with Gasteiger partial charge in [-0.1, -0.05) is 36.4 Å². The predicted octanol–water partition coefficient (Wildman–Crippen LogP) is 3.59. The van der Waals surface area contributed by atoms with Gasteiger partial charge >= 0.3 is 0 Å². The summed E-state index contributed by atoms with van der Waals surface area (Å²) in [4.78, 5) is 37.9. The average Bonchev–Trinajstić information content (AvgIpc) is 2.84. The Labute approximate surface area is 144 Å². The summed E-state index contributed by atoms with van der Waals surface area (Å²) in [5.41, 5.74) is 2.18. The Kier molecular flexibility index (Phi) is 4.66. The number of rotatable bonds is 4. The van der Waals surface area contributed by atoms with Crippen molar-refractivity contribution >= 4 is 40.2 Å². The zero-order chi connectivity index (χ0) is 17.1. The van der Waals surface area contributed by atoms with Gasteiger partial charge in [0.2, 0.25) is 11.8 Å². The van der Waals surface area contributed by atoms with Crippen LogP contribution in [0.15, 0.2) is 54.6 Å². The Morgan fingerprint density at radius 1 is 1.08 bits per heavy atom. The summed E-state index contributed by atoms with van der Waals surface area (Å²) < 4.78 is 0. The number of thioether (sulfide) groups is 1. The van der Waals surface area contributed by atoms with Crippen LogP contribution >= 0.6 is 11.8 Å². The molecule has 1 fully saturated rings. The molecule has 2 aromatic rings. The monoisotopic (exact) mass is 340 g/mol. The molecule has 1 atom stereocenters. The van der Waals surface area contributed by atoms with Gasteiger partial charge in [-0.2, -0.15) is 0 Å². The van der Waals surface area contributed by atoms with E-state index in [1.165, 1.54) is 0 Å². The summed E-state index contributed by atoms with van der Waals surface area (Å²) in [6, 6.07) is 16.2. The second-order valence-electron chi connectivity index (χ2n) is 5.45. The quantitative estimate of drug-likeness (QED) is 0.923. The van der Waals surface area contributed by atoms with E-state index in [1.54, 1.807) is 30.3 Å². The molecule has 1 N–H and O–H groups in total. The molecule has 0 radical (unpaired) electrons. The van der Waals surface area contributed by atoms with Gasteiger partial charge in [0, 0.05) is 12.1 Å². The first kappa shape index (κ1) is 16.3. The lowest BCUT2D eigenvalue weighted by molar-refractivity contribution is -0.121. The zero-order valence-electron chi connectivity index (χ0n) is 13.1. The number of hydrogen-bond donors (Lipinski definition) is 1. The third-order valence-corrected chi connectivity index (χ3v) is 4.76. The van der Waals surface area contributed by atoms with Gasteiger partial charge in [0.1, 0.15) is 5.25 Å². The third-order valence-electron chi connectivity index (χ3n) is 3.73. The summed E-state index contributed by atoms with van der Waals surface area (Å²) >= 11 is 0.896. The lowest BCUT2D eigenvalue weighted by Gasteiger charge is -2.13. The van der Waals surface area contributed by atoms with Crippen molar-refractivity contribution in [2.45, 2.75) is 18.6 Å². The molecule has 0 bridgehead atoms.